The Morgan fingerprint density at radius 1 is 1.05 bits per heavy atom. The highest BCUT2D eigenvalue weighted by atomic mass is 32.2. The van der Waals surface area contributed by atoms with Crippen LogP contribution in [0.5, 0.6) is 0 Å². The fraction of sp³-hybridized carbons (Fsp3) is 0.375. The van der Waals surface area contributed by atoms with Crippen molar-refractivity contribution in [1.29, 1.82) is 0 Å². The van der Waals surface area contributed by atoms with Crippen molar-refractivity contribution in [2.24, 2.45) is 0 Å². The maximum atomic E-state index is 11.4. The Kier molecular flexibility index (Phi) is 4.42. The van der Waals surface area contributed by atoms with E-state index < -0.39 is 9.84 Å². The lowest BCUT2D eigenvalue weighted by atomic mass is 10.1. The smallest absolute Gasteiger partial charge is 0.150 e. The van der Waals surface area contributed by atoms with Gasteiger partial charge in [-0.05, 0) is 30.5 Å². The highest BCUT2D eigenvalue weighted by molar-refractivity contribution is 7.91. The van der Waals surface area contributed by atoms with Gasteiger partial charge in [0.25, 0.3) is 0 Å². The van der Waals surface area contributed by atoms with Gasteiger partial charge in [-0.1, -0.05) is 30.3 Å². The summed E-state index contributed by atoms with van der Waals surface area (Å²) in [4.78, 5) is 2.57. The minimum Gasteiger partial charge on any atom is -0.309 e. The molecule has 2 aromatic rings. The van der Waals surface area contributed by atoms with Crippen molar-refractivity contribution in [1.82, 2.24) is 5.32 Å². The number of rotatable bonds is 4. The van der Waals surface area contributed by atoms with Crippen LogP contribution in [0.3, 0.4) is 0 Å². The first-order valence-electron chi connectivity index (χ1n) is 7.20. The molecule has 1 aliphatic rings. The van der Waals surface area contributed by atoms with E-state index in [0.29, 0.717) is 17.5 Å². The van der Waals surface area contributed by atoms with Gasteiger partial charge in [0.2, 0.25) is 0 Å². The summed E-state index contributed by atoms with van der Waals surface area (Å²) in [6, 6.07) is 15.0. The molecule has 0 bridgehead atoms. The number of sulfone groups is 1. The largest absolute Gasteiger partial charge is 0.309 e. The molecular weight excluding hydrogens is 302 g/mol. The monoisotopic (exact) mass is 321 g/mol. The molecule has 0 atom stereocenters. The van der Waals surface area contributed by atoms with Crippen molar-refractivity contribution in [3.8, 4) is 10.4 Å². The summed E-state index contributed by atoms with van der Waals surface area (Å²) in [5.41, 5.74) is 1.25. The fourth-order valence-corrected chi connectivity index (χ4v) is 5.03. The average molecular weight is 321 g/mol. The van der Waals surface area contributed by atoms with Gasteiger partial charge in [-0.25, -0.2) is 8.42 Å². The topological polar surface area (TPSA) is 46.2 Å². The summed E-state index contributed by atoms with van der Waals surface area (Å²) in [6.45, 7) is 0.822. The zero-order valence-electron chi connectivity index (χ0n) is 11.8. The van der Waals surface area contributed by atoms with Crippen LogP contribution in [0.15, 0.2) is 42.5 Å². The summed E-state index contributed by atoms with van der Waals surface area (Å²) in [5, 5.41) is 3.49. The van der Waals surface area contributed by atoms with E-state index in [1.807, 2.05) is 6.07 Å². The Labute approximate surface area is 129 Å². The van der Waals surface area contributed by atoms with E-state index in [9.17, 15) is 8.42 Å². The van der Waals surface area contributed by atoms with Crippen LogP contribution >= 0.6 is 11.3 Å². The first-order valence-corrected chi connectivity index (χ1v) is 9.84. The van der Waals surface area contributed by atoms with Gasteiger partial charge in [0.05, 0.1) is 11.5 Å². The maximum absolute atomic E-state index is 11.4. The van der Waals surface area contributed by atoms with Gasteiger partial charge >= 0.3 is 0 Å². The van der Waals surface area contributed by atoms with Crippen LogP contribution in [0.1, 0.15) is 17.7 Å². The van der Waals surface area contributed by atoms with Crippen LogP contribution < -0.4 is 5.32 Å². The first kappa shape index (κ1) is 14.8. The molecular formula is C16H19NO2S2. The van der Waals surface area contributed by atoms with E-state index in [4.69, 9.17) is 0 Å². The fourth-order valence-electron chi connectivity index (χ4n) is 2.57. The molecule has 112 valence electrons. The Morgan fingerprint density at radius 2 is 1.76 bits per heavy atom. The van der Waals surface area contributed by atoms with Crippen LogP contribution in [-0.2, 0) is 16.4 Å². The summed E-state index contributed by atoms with van der Waals surface area (Å²) in [6.07, 6.45) is 1.47. The van der Waals surface area contributed by atoms with Crippen molar-refractivity contribution < 1.29 is 8.42 Å². The minimum absolute atomic E-state index is 0.324. The van der Waals surface area contributed by atoms with Crippen LogP contribution in [0.4, 0.5) is 0 Å². The van der Waals surface area contributed by atoms with E-state index in [-0.39, 0.29) is 0 Å². The highest BCUT2D eigenvalue weighted by Crippen LogP contribution is 2.28. The summed E-state index contributed by atoms with van der Waals surface area (Å²) in [5.74, 6) is 0.648. The number of hydrogen-bond donors (Lipinski definition) is 1. The second-order valence-electron chi connectivity index (χ2n) is 5.44. The number of hydrogen-bond acceptors (Lipinski definition) is 4. The van der Waals surface area contributed by atoms with Crippen LogP contribution in [-0.4, -0.2) is 26.0 Å². The molecule has 0 aliphatic carbocycles. The second kappa shape index (κ2) is 6.30. The quantitative estimate of drug-likeness (QED) is 0.941. The molecule has 0 radical (unpaired) electrons. The average Bonchev–Trinajstić information content (AvgIpc) is 2.96. The normalized spacial score (nSPS) is 18.7. The molecule has 0 spiro atoms. The van der Waals surface area contributed by atoms with Crippen LogP contribution in [0, 0.1) is 0 Å². The van der Waals surface area contributed by atoms with Crippen molar-refractivity contribution >= 4 is 21.2 Å². The van der Waals surface area contributed by atoms with Crippen molar-refractivity contribution in [2.45, 2.75) is 25.4 Å². The molecule has 5 heteroatoms. The SMILES string of the molecule is O=S1(=O)CCC(NCc2ccc(-c3ccccc3)s2)CC1. The van der Waals surface area contributed by atoms with E-state index in [1.54, 1.807) is 11.3 Å². The van der Waals surface area contributed by atoms with Gasteiger partial charge in [-0.3, -0.25) is 0 Å². The molecule has 1 fully saturated rings. The molecule has 0 saturated carbocycles. The molecule has 0 amide bonds. The minimum atomic E-state index is -2.77. The predicted molar refractivity (Wildman–Crippen MR) is 88.3 cm³/mol. The molecule has 1 aliphatic heterocycles. The summed E-state index contributed by atoms with van der Waals surface area (Å²) in [7, 11) is -2.77. The summed E-state index contributed by atoms with van der Waals surface area (Å²) < 4.78 is 22.8. The molecule has 1 N–H and O–H groups in total. The van der Waals surface area contributed by atoms with E-state index in [1.165, 1.54) is 15.3 Å². The highest BCUT2D eigenvalue weighted by Gasteiger charge is 2.23. The zero-order chi connectivity index (χ0) is 14.7. The second-order valence-corrected chi connectivity index (χ2v) is 8.91. The molecule has 1 aromatic carbocycles. The summed E-state index contributed by atoms with van der Waals surface area (Å²) >= 11 is 1.79. The molecule has 1 aromatic heterocycles. The standard InChI is InChI=1S/C16H19NO2S2/c18-21(19)10-8-14(9-11-21)17-12-15-6-7-16(20-15)13-4-2-1-3-5-13/h1-7,14,17H,8-12H2. The third-order valence-corrected chi connectivity index (χ3v) is 6.69. The molecule has 3 nitrogen and oxygen atoms in total. The van der Waals surface area contributed by atoms with Gasteiger partial charge in [0.1, 0.15) is 9.84 Å². The van der Waals surface area contributed by atoms with Gasteiger partial charge in [0, 0.05) is 22.3 Å². The van der Waals surface area contributed by atoms with Crippen molar-refractivity contribution in [3.63, 3.8) is 0 Å². The van der Waals surface area contributed by atoms with Crippen LogP contribution in [0.2, 0.25) is 0 Å². The Balaban J connectivity index is 1.56. The molecule has 0 unspecified atom stereocenters. The number of nitrogens with one attached hydrogen (secondary N) is 1. The molecule has 21 heavy (non-hydrogen) atoms. The molecule has 2 heterocycles. The van der Waals surface area contributed by atoms with E-state index in [0.717, 1.165) is 19.4 Å². The van der Waals surface area contributed by atoms with Crippen molar-refractivity contribution in [2.75, 3.05) is 11.5 Å². The lowest BCUT2D eigenvalue weighted by Crippen LogP contribution is -2.36. The Bertz CT molecular complexity index is 678. The molecule has 1 saturated heterocycles. The molecule has 3 rings (SSSR count). The third kappa shape index (κ3) is 3.93. The maximum Gasteiger partial charge on any atom is 0.150 e. The van der Waals surface area contributed by atoms with Crippen LogP contribution in [0.25, 0.3) is 10.4 Å². The first-order chi connectivity index (χ1) is 10.1. The Morgan fingerprint density at radius 3 is 2.48 bits per heavy atom. The Hall–Kier alpha value is -1.17. The van der Waals surface area contributed by atoms with Gasteiger partial charge in [-0.15, -0.1) is 11.3 Å². The zero-order valence-corrected chi connectivity index (χ0v) is 13.4. The van der Waals surface area contributed by atoms with E-state index in [2.05, 4.69) is 41.7 Å². The lowest BCUT2D eigenvalue weighted by Gasteiger charge is -2.22. The lowest BCUT2D eigenvalue weighted by molar-refractivity contribution is 0.465. The third-order valence-electron chi connectivity index (χ3n) is 3.84. The van der Waals surface area contributed by atoms with Gasteiger partial charge in [-0.2, -0.15) is 0 Å². The number of benzene rings is 1. The van der Waals surface area contributed by atoms with Gasteiger partial charge in [0.15, 0.2) is 0 Å². The van der Waals surface area contributed by atoms with Gasteiger partial charge < -0.3 is 5.32 Å². The predicted octanol–water partition coefficient (Wildman–Crippen LogP) is 3.08. The number of thiophene rings is 1. The van der Waals surface area contributed by atoms with E-state index >= 15 is 0 Å². The van der Waals surface area contributed by atoms with Crippen molar-refractivity contribution in [3.05, 3.63) is 47.3 Å².